The van der Waals surface area contributed by atoms with Gasteiger partial charge in [-0.3, -0.25) is 14.4 Å². The van der Waals surface area contributed by atoms with E-state index in [9.17, 15) is 14.4 Å². The van der Waals surface area contributed by atoms with Gasteiger partial charge in [-0.05, 0) is 48.1 Å². The number of amides is 3. The number of fused-ring (bicyclic) bond motifs is 3. The Morgan fingerprint density at radius 3 is 2.62 bits per heavy atom. The quantitative estimate of drug-likeness (QED) is 0.380. The van der Waals surface area contributed by atoms with Gasteiger partial charge < -0.3 is 21.4 Å². The highest BCUT2D eigenvalue weighted by molar-refractivity contribution is 9.10. The predicted molar refractivity (Wildman–Crippen MR) is 135 cm³/mol. The molecule has 7 nitrogen and oxygen atoms in total. The molecule has 4 rings (SSSR count). The highest BCUT2D eigenvalue weighted by atomic mass is 79.9. The Kier molecular flexibility index (Phi) is 6.79. The first-order valence-corrected chi connectivity index (χ1v) is 12.2. The van der Waals surface area contributed by atoms with E-state index in [-0.39, 0.29) is 24.2 Å². The second-order valence-electron chi connectivity index (χ2n) is 9.34. The maximum atomic E-state index is 13.7. The molecule has 178 valence electrons. The maximum Gasteiger partial charge on any atom is 0.246 e. The number of halogens is 1. The summed E-state index contributed by atoms with van der Waals surface area (Å²) in [5, 5.41) is 6.91. The van der Waals surface area contributed by atoms with E-state index in [1.54, 1.807) is 0 Å². The average molecular weight is 525 g/mol. The first-order chi connectivity index (χ1) is 16.2. The molecule has 1 aliphatic rings. The number of aryl methyl sites for hydroxylation is 1. The zero-order chi connectivity index (χ0) is 24.5. The topological polar surface area (TPSA) is 117 Å². The van der Waals surface area contributed by atoms with Crippen LogP contribution in [0.25, 0.3) is 10.9 Å². The SMILES string of the molecule is CC(C)[C@H](NC(=O)[C@@]1(NC(=O)Cc2cccc(Br)c2)CCc2[nH]c3ccccc3c2C1)C(N)=O. The Morgan fingerprint density at radius 1 is 1.15 bits per heavy atom. The molecule has 0 aliphatic heterocycles. The van der Waals surface area contributed by atoms with Crippen LogP contribution in [0.5, 0.6) is 0 Å². The molecule has 0 spiro atoms. The summed E-state index contributed by atoms with van der Waals surface area (Å²) >= 11 is 3.43. The summed E-state index contributed by atoms with van der Waals surface area (Å²) < 4.78 is 0.882. The van der Waals surface area contributed by atoms with Crippen molar-refractivity contribution < 1.29 is 14.4 Å². The minimum Gasteiger partial charge on any atom is -0.368 e. The van der Waals surface area contributed by atoms with E-state index in [2.05, 4.69) is 31.5 Å². The lowest BCUT2D eigenvalue weighted by atomic mass is 9.78. The molecule has 3 amide bonds. The van der Waals surface area contributed by atoms with Crippen molar-refractivity contribution in [2.45, 2.75) is 51.1 Å². The van der Waals surface area contributed by atoms with Gasteiger partial charge in [-0.2, -0.15) is 0 Å². The molecule has 0 saturated carbocycles. The van der Waals surface area contributed by atoms with E-state index in [1.807, 2.05) is 62.4 Å². The number of benzene rings is 2. The standard InChI is InChI=1S/C26H29BrN4O3/c1-15(2)23(24(28)33)30-25(34)26(31-22(32)13-16-6-5-7-17(27)12-16)11-10-21-19(14-26)18-8-3-4-9-20(18)29-21/h3-9,12,15,23,29H,10-11,13-14H2,1-2H3,(H2,28,33)(H,30,34)(H,31,32)/t23-,26+/m0/s1. The number of primary amides is 1. The van der Waals surface area contributed by atoms with E-state index >= 15 is 0 Å². The number of nitrogens with two attached hydrogens (primary N) is 1. The molecule has 0 unspecified atom stereocenters. The van der Waals surface area contributed by atoms with Crippen molar-refractivity contribution in [1.29, 1.82) is 0 Å². The molecule has 3 aromatic rings. The molecule has 0 fully saturated rings. The molecule has 0 saturated heterocycles. The largest absolute Gasteiger partial charge is 0.368 e. The Hall–Kier alpha value is -3.13. The Balaban J connectivity index is 1.67. The fourth-order valence-electron chi connectivity index (χ4n) is 4.75. The van der Waals surface area contributed by atoms with Gasteiger partial charge in [-0.25, -0.2) is 0 Å². The monoisotopic (exact) mass is 524 g/mol. The fourth-order valence-corrected chi connectivity index (χ4v) is 5.19. The molecule has 1 heterocycles. The van der Waals surface area contributed by atoms with Gasteiger partial charge in [0.05, 0.1) is 6.42 Å². The van der Waals surface area contributed by atoms with Gasteiger partial charge in [0.2, 0.25) is 17.7 Å². The number of para-hydroxylation sites is 1. The van der Waals surface area contributed by atoms with Gasteiger partial charge in [-0.1, -0.05) is 60.1 Å². The van der Waals surface area contributed by atoms with Gasteiger partial charge in [0, 0.05) is 27.5 Å². The van der Waals surface area contributed by atoms with Crippen LogP contribution in [0.4, 0.5) is 0 Å². The van der Waals surface area contributed by atoms with Crippen molar-refractivity contribution in [2.75, 3.05) is 0 Å². The van der Waals surface area contributed by atoms with E-state index in [0.717, 1.165) is 32.2 Å². The number of hydrogen-bond acceptors (Lipinski definition) is 3. The lowest BCUT2D eigenvalue weighted by Gasteiger charge is -2.38. The van der Waals surface area contributed by atoms with Crippen LogP contribution in [-0.4, -0.2) is 34.3 Å². The van der Waals surface area contributed by atoms with Crippen molar-refractivity contribution in [1.82, 2.24) is 15.6 Å². The third-order valence-corrected chi connectivity index (χ3v) is 7.00. The van der Waals surface area contributed by atoms with Crippen molar-refractivity contribution >= 4 is 44.6 Å². The normalized spacial score (nSPS) is 18.4. The second-order valence-corrected chi connectivity index (χ2v) is 10.3. The second kappa shape index (κ2) is 9.62. The molecule has 34 heavy (non-hydrogen) atoms. The summed E-state index contributed by atoms with van der Waals surface area (Å²) in [7, 11) is 0. The fraction of sp³-hybridized carbons (Fsp3) is 0.346. The Bertz CT molecular complexity index is 1250. The summed E-state index contributed by atoms with van der Waals surface area (Å²) in [4.78, 5) is 42.3. The minimum atomic E-state index is -1.19. The van der Waals surface area contributed by atoms with Gasteiger partial charge in [0.1, 0.15) is 11.6 Å². The molecule has 1 aromatic heterocycles. The lowest BCUT2D eigenvalue weighted by molar-refractivity contribution is -0.136. The van der Waals surface area contributed by atoms with Crippen LogP contribution in [0.3, 0.4) is 0 Å². The average Bonchev–Trinajstić information content (AvgIpc) is 3.14. The zero-order valence-electron chi connectivity index (χ0n) is 19.3. The molecule has 8 heteroatoms. The van der Waals surface area contributed by atoms with Gasteiger partial charge >= 0.3 is 0 Å². The lowest BCUT2D eigenvalue weighted by Crippen LogP contribution is -2.64. The molecule has 0 bridgehead atoms. The van der Waals surface area contributed by atoms with Crippen LogP contribution in [0.1, 0.15) is 37.1 Å². The molecule has 5 N–H and O–H groups in total. The summed E-state index contributed by atoms with van der Waals surface area (Å²) in [6.45, 7) is 3.65. The van der Waals surface area contributed by atoms with Crippen LogP contribution in [-0.2, 0) is 33.6 Å². The smallest absolute Gasteiger partial charge is 0.246 e. The van der Waals surface area contributed by atoms with Crippen LogP contribution in [0.2, 0.25) is 0 Å². The number of hydrogen-bond donors (Lipinski definition) is 4. The van der Waals surface area contributed by atoms with Crippen LogP contribution < -0.4 is 16.4 Å². The third-order valence-electron chi connectivity index (χ3n) is 6.51. The first kappa shape index (κ1) is 24.0. The van der Waals surface area contributed by atoms with Crippen molar-refractivity contribution in [3.8, 4) is 0 Å². The highest BCUT2D eigenvalue weighted by Crippen LogP contribution is 2.34. The molecule has 2 aromatic carbocycles. The summed E-state index contributed by atoms with van der Waals surface area (Å²) in [6.07, 6.45) is 1.47. The predicted octanol–water partition coefficient (Wildman–Crippen LogP) is 3.14. The number of aromatic nitrogens is 1. The zero-order valence-corrected chi connectivity index (χ0v) is 20.9. The van der Waals surface area contributed by atoms with E-state index in [0.29, 0.717) is 19.3 Å². The Labute approximate surface area is 207 Å². The van der Waals surface area contributed by atoms with E-state index in [4.69, 9.17) is 5.73 Å². The molecule has 1 aliphatic carbocycles. The third kappa shape index (κ3) is 4.87. The van der Waals surface area contributed by atoms with E-state index < -0.39 is 17.5 Å². The van der Waals surface area contributed by atoms with Crippen molar-refractivity contribution in [2.24, 2.45) is 11.7 Å². The van der Waals surface area contributed by atoms with E-state index in [1.165, 1.54) is 0 Å². The molecule has 0 radical (unpaired) electrons. The number of carbonyl (C=O) groups is 3. The summed E-state index contributed by atoms with van der Waals surface area (Å²) in [5.41, 5.74) is 8.29. The maximum absolute atomic E-state index is 13.7. The number of carbonyl (C=O) groups excluding carboxylic acids is 3. The summed E-state index contributed by atoms with van der Waals surface area (Å²) in [6, 6.07) is 14.6. The molecule has 2 atom stereocenters. The number of nitrogens with one attached hydrogen (secondary N) is 3. The minimum absolute atomic E-state index is 0.138. The number of rotatable bonds is 7. The first-order valence-electron chi connectivity index (χ1n) is 11.4. The highest BCUT2D eigenvalue weighted by Gasteiger charge is 2.45. The van der Waals surface area contributed by atoms with Gasteiger partial charge in [0.25, 0.3) is 0 Å². The molecular formula is C26H29BrN4O3. The van der Waals surface area contributed by atoms with Gasteiger partial charge in [-0.15, -0.1) is 0 Å². The number of aromatic amines is 1. The van der Waals surface area contributed by atoms with Crippen LogP contribution in [0, 0.1) is 5.92 Å². The van der Waals surface area contributed by atoms with Crippen LogP contribution >= 0.6 is 15.9 Å². The molecular weight excluding hydrogens is 496 g/mol. The van der Waals surface area contributed by atoms with Crippen molar-refractivity contribution in [3.05, 3.63) is 69.8 Å². The van der Waals surface area contributed by atoms with Crippen LogP contribution in [0.15, 0.2) is 53.0 Å². The number of H-pyrrole nitrogens is 1. The van der Waals surface area contributed by atoms with Crippen molar-refractivity contribution in [3.63, 3.8) is 0 Å². The Morgan fingerprint density at radius 2 is 1.91 bits per heavy atom. The van der Waals surface area contributed by atoms with Gasteiger partial charge in [0.15, 0.2) is 0 Å². The summed E-state index contributed by atoms with van der Waals surface area (Å²) in [5.74, 6) is -1.41.